The summed E-state index contributed by atoms with van der Waals surface area (Å²) < 4.78 is 14.6. The van der Waals surface area contributed by atoms with Gasteiger partial charge in [-0.05, 0) is 18.2 Å². The quantitative estimate of drug-likeness (QED) is 0.613. The van der Waals surface area contributed by atoms with Crippen LogP contribution in [0, 0.1) is 5.82 Å². The summed E-state index contributed by atoms with van der Waals surface area (Å²) in [5.74, 6) is -0.624. The smallest absolute Gasteiger partial charge is 0.228 e. The molecule has 2 aromatic rings. The van der Waals surface area contributed by atoms with Crippen LogP contribution in [0.3, 0.4) is 0 Å². The number of anilines is 1. The highest BCUT2D eigenvalue weighted by Gasteiger charge is 2.14. The summed E-state index contributed by atoms with van der Waals surface area (Å²) in [7, 11) is 1.70. The first-order valence-corrected chi connectivity index (χ1v) is 4.66. The lowest BCUT2D eigenvalue weighted by Gasteiger charge is -2.02. The van der Waals surface area contributed by atoms with Crippen molar-refractivity contribution < 1.29 is 9.18 Å². The Labute approximate surface area is 91.5 Å². The third-order valence-electron chi connectivity index (χ3n) is 2.21. The average Bonchev–Trinajstić information content (AvgIpc) is 2.62. The van der Waals surface area contributed by atoms with Crippen LogP contribution in [0.15, 0.2) is 30.6 Å². The first-order chi connectivity index (χ1) is 7.58. The van der Waals surface area contributed by atoms with Crippen molar-refractivity contribution in [3.8, 4) is 0 Å². The highest BCUT2D eigenvalue weighted by atomic mass is 19.1. The Balaban J connectivity index is 2.45. The number of nitrogens with two attached hydrogens (primary N) is 1. The number of imidazole rings is 1. The summed E-state index contributed by atoms with van der Waals surface area (Å²) in [6, 6.07) is 3.74. The standard InChI is InChI=1S/C11H10FN3O/c1-15-3-2-14-11(15)10(16)7-4-8(12)6-9(13)5-7/h2-6H,13H2,1H3. The van der Waals surface area contributed by atoms with E-state index in [1.54, 1.807) is 17.8 Å². The Morgan fingerprint density at radius 2 is 2.19 bits per heavy atom. The molecule has 0 aliphatic heterocycles. The summed E-state index contributed by atoms with van der Waals surface area (Å²) in [5.41, 5.74) is 5.89. The summed E-state index contributed by atoms with van der Waals surface area (Å²) in [4.78, 5) is 15.8. The lowest BCUT2D eigenvalue weighted by molar-refractivity contribution is 0.102. The predicted octanol–water partition coefficient (Wildman–Crippen LogP) is 1.37. The van der Waals surface area contributed by atoms with Gasteiger partial charge < -0.3 is 10.3 Å². The summed E-state index contributed by atoms with van der Waals surface area (Å²) in [6.07, 6.45) is 3.16. The van der Waals surface area contributed by atoms with Gasteiger partial charge in [0.25, 0.3) is 0 Å². The number of benzene rings is 1. The molecule has 1 aromatic carbocycles. The molecule has 0 unspecified atom stereocenters. The van der Waals surface area contributed by atoms with Crippen LogP contribution in [0.1, 0.15) is 16.2 Å². The maximum absolute atomic E-state index is 13.1. The fourth-order valence-corrected chi connectivity index (χ4v) is 1.46. The number of carbonyl (C=O) groups excluding carboxylic acids is 1. The molecule has 0 fully saturated rings. The molecule has 2 rings (SSSR count). The molecule has 0 radical (unpaired) electrons. The molecule has 1 heterocycles. The number of ketones is 1. The highest BCUT2D eigenvalue weighted by molar-refractivity contribution is 6.07. The second kappa shape index (κ2) is 3.77. The summed E-state index contributed by atoms with van der Waals surface area (Å²) >= 11 is 0. The van der Waals surface area contributed by atoms with Crippen molar-refractivity contribution in [2.24, 2.45) is 7.05 Å². The van der Waals surface area contributed by atoms with E-state index in [9.17, 15) is 9.18 Å². The van der Waals surface area contributed by atoms with Crippen molar-refractivity contribution in [1.29, 1.82) is 0 Å². The Hall–Kier alpha value is -2.17. The zero-order chi connectivity index (χ0) is 11.7. The van der Waals surface area contributed by atoms with Crippen LogP contribution in [0.25, 0.3) is 0 Å². The van der Waals surface area contributed by atoms with Crippen molar-refractivity contribution in [3.05, 3.63) is 47.8 Å². The third kappa shape index (κ3) is 1.79. The van der Waals surface area contributed by atoms with E-state index >= 15 is 0 Å². The predicted molar refractivity (Wildman–Crippen MR) is 57.5 cm³/mol. The number of nitrogen functional groups attached to an aromatic ring is 1. The lowest BCUT2D eigenvalue weighted by Crippen LogP contribution is -2.09. The number of aromatic nitrogens is 2. The van der Waals surface area contributed by atoms with Gasteiger partial charge in [0.05, 0.1) is 0 Å². The molecule has 0 amide bonds. The molecule has 0 saturated heterocycles. The van der Waals surface area contributed by atoms with Gasteiger partial charge in [0, 0.05) is 30.7 Å². The highest BCUT2D eigenvalue weighted by Crippen LogP contribution is 2.14. The van der Waals surface area contributed by atoms with Crippen molar-refractivity contribution in [3.63, 3.8) is 0 Å². The molecular formula is C11H10FN3O. The zero-order valence-corrected chi connectivity index (χ0v) is 8.64. The van der Waals surface area contributed by atoms with Gasteiger partial charge in [-0.2, -0.15) is 0 Å². The molecule has 16 heavy (non-hydrogen) atoms. The molecule has 0 spiro atoms. The van der Waals surface area contributed by atoms with Gasteiger partial charge in [0.1, 0.15) is 5.82 Å². The first-order valence-electron chi connectivity index (χ1n) is 4.66. The molecule has 0 bridgehead atoms. The summed E-state index contributed by atoms with van der Waals surface area (Å²) in [5, 5.41) is 0. The van der Waals surface area contributed by atoms with E-state index in [1.165, 1.54) is 12.3 Å². The first kappa shape index (κ1) is 10.4. The SMILES string of the molecule is Cn1ccnc1C(=O)c1cc(N)cc(F)c1. The van der Waals surface area contributed by atoms with Gasteiger partial charge in [-0.1, -0.05) is 0 Å². The monoisotopic (exact) mass is 219 g/mol. The lowest BCUT2D eigenvalue weighted by atomic mass is 10.1. The molecule has 0 aliphatic carbocycles. The molecule has 0 saturated carbocycles. The minimum atomic E-state index is -0.530. The van der Waals surface area contributed by atoms with E-state index in [2.05, 4.69) is 4.98 Å². The molecule has 82 valence electrons. The van der Waals surface area contributed by atoms with Gasteiger partial charge in [-0.3, -0.25) is 4.79 Å². The van der Waals surface area contributed by atoms with Crippen molar-refractivity contribution in [2.75, 3.05) is 5.73 Å². The van der Waals surface area contributed by atoms with Crippen molar-refractivity contribution in [2.45, 2.75) is 0 Å². The third-order valence-corrected chi connectivity index (χ3v) is 2.21. The number of hydrogen-bond acceptors (Lipinski definition) is 3. The van der Waals surface area contributed by atoms with E-state index in [4.69, 9.17) is 5.73 Å². The van der Waals surface area contributed by atoms with Gasteiger partial charge in [-0.25, -0.2) is 9.37 Å². The second-order valence-electron chi connectivity index (χ2n) is 3.46. The Morgan fingerprint density at radius 3 is 2.75 bits per heavy atom. The number of hydrogen-bond donors (Lipinski definition) is 1. The Kier molecular flexibility index (Phi) is 2.44. The topological polar surface area (TPSA) is 60.9 Å². The maximum atomic E-state index is 13.1. The maximum Gasteiger partial charge on any atom is 0.228 e. The van der Waals surface area contributed by atoms with Crippen LogP contribution in [-0.2, 0) is 7.05 Å². The molecule has 0 aliphatic rings. The van der Waals surface area contributed by atoms with Crippen molar-refractivity contribution >= 4 is 11.5 Å². The molecule has 1 aromatic heterocycles. The molecule has 2 N–H and O–H groups in total. The van der Waals surface area contributed by atoms with Crippen LogP contribution in [-0.4, -0.2) is 15.3 Å². The molecule has 5 heteroatoms. The number of aryl methyl sites for hydroxylation is 1. The number of nitrogens with zero attached hydrogens (tertiary/aromatic N) is 2. The molecular weight excluding hydrogens is 209 g/mol. The van der Waals surface area contributed by atoms with Crippen LogP contribution in [0.5, 0.6) is 0 Å². The van der Waals surface area contributed by atoms with Crippen LogP contribution < -0.4 is 5.73 Å². The van der Waals surface area contributed by atoms with E-state index in [1.807, 2.05) is 0 Å². The fraction of sp³-hybridized carbons (Fsp3) is 0.0909. The molecule has 4 nitrogen and oxygen atoms in total. The number of rotatable bonds is 2. The summed E-state index contributed by atoms with van der Waals surface area (Å²) in [6.45, 7) is 0. The van der Waals surface area contributed by atoms with E-state index in [0.29, 0.717) is 0 Å². The van der Waals surface area contributed by atoms with Gasteiger partial charge in [-0.15, -0.1) is 0 Å². The molecule has 0 atom stereocenters. The van der Waals surface area contributed by atoms with Crippen LogP contribution >= 0.6 is 0 Å². The number of carbonyl (C=O) groups is 1. The normalized spacial score (nSPS) is 10.4. The zero-order valence-electron chi connectivity index (χ0n) is 8.64. The largest absolute Gasteiger partial charge is 0.399 e. The van der Waals surface area contributed by atoms with Gasteiger partial charge in [0.2, 0.25) is 5.78 Å². The van der Waals surface area contributed by atoms with Gasteiger partial charge >= 0.3 is 0 Å². The van der Waals surface area contributed by atoms with E-state index < -0.39 is 5.82 Å². The van der Waals surface area contributed by atoms with E-state index in [0.717, 1.165) is 12.1 Å². The van der Waals surface area contributed by atoms with Crippen LogP contribution in [0.2, 0.25) is 0 Å². The van der Waals surface area contributed by atoms with Crippen molar-refractivity contribution in [1.82, 2.24) is 9.55 Å². The second-order valence-corrected chi connectivity index (χ2v) is 3.46. The fourth-order valence-electron chi connectivity index (χ4n) is 1.46. The number of halogens is 1. The minimum absolute atomic E-state index is 0.201. The average molecular weight is 219 g/mol. The van der Waals surface area contributed by atoms with E-state index in [-0.39, 0.29) is 22.9 Å². The Morgan fingerprint density at radius 1 is 1.44 bits per heavy atom. The van der Waals surface area contributed by atoms with Crippen LogP contribution in [0.4, 0.5) is 10.1 Å². The Bertz CT molecular complexity index is 528. The van der Waals surface area contributed by atoms with Gasteiger partial charge in [0.15, 0.2) is 5.82 Å². The minimum Gasteiger partial charge on any atom is -0.399 e.